The smallest absolute Gasteiger partial charge is 0.445 e. The van der Waals surface area contributed by atoms with Gasteiger partial charge < -0.3 is 92.5 Å². The molecule has 0 heterocycles. The third-order valence-corrected chi connectivity index (χ3v) is 16.1. The first-order valence-corrected chi connectivity index (χ1v) is 35.5. The highest BCUT2D eigenvalue weighted by atomic mass is 16.7. The van der Waals surface area contributed by atoms with Gasteiger partial charge in [-0.05, 0) is 113 Å². The van der Waals surface area contributed by atoms with Crippen LogP contribution in [0.3, 0.4) is 0 Å². The Labute approximate surface area is 654 Å². The highest BCUT2D eigenvalue weighted by Gasteiger charge is 2.28. The van der Waals surface area contributed by atoms with Gasteiger partial charge in [0.1, 0.15) is 49.9 Å². The predicted molar refractivity (Wildman–Crippen MR) is 415 cm³/mol. The molecule has 0 bridgehead atoms. The summed E-state index contributed by atoms with van der Waals surface area (Å²) in [6.07, 6.45) is -0.370. The molecule has 0 aliphatic carbocycles. The lowest BCUT2D eigenvalue weighted by molar-refractivity contribution is -0.385. The number of hydrogen-bond donors (Lipinski definition) is 12. The summed E-state index contributed by atoms with van der Waals surface area (Å²) in [5.74, 6) is -8.12. The minimum atomic E-state index is -1.45. The van der Waals surface area contributed by atoms with E-state index in [2.05, 4.69) is 77.0 Å². The normalized spacial score (nSPS) is 11.1. The summed E-state index contributed by atoms with van der Waals surface area (Å²) in [6.45, 7) is 4.60. The van der Waals surface area contributed by atoms with Crippen LogP contribution in [0, 0.1) is 20.2 Å². The number of alkyl carbamates (subject to hydrolysis) is 2. The van der Waals surface area contributed by atoms with E-state index in [1.807, 2.05) is 38.0 Å². The molecule has 37 heteroatoms. The maximum atomic E-state index is 14.2. The molecule has 0 aromatic heterocycles. The van der Waals surface area contributed by atoms with Crippen molar-refractivity contribution in [3.05, 3.63) is 224 Å². The Morgan fingerprint density at radius 3 is 1.16 bits per heavy atom. The molecular weight excluding hydrogens is 1480 g/mol. The molecule has 12 N–H and O–H groups in total. The molecule has 6 aromatic rings. The van der Waals surface area contributed by atoms with Crippen molar-refractivity contribution in [3.8, 4) is 11.5 Å². The van der Waals surface area contributed by atoms with E-state index in [9.17, 15) is 82.6 Å². The Bertz CT molecular complexity index is 4190. The number of carbonyl (C=O) groups excluding carboxylic acids is 13. The molecule has 0 fully saturated rings. The number of amides is 12. The van der Waals surface area contributed by atoms with Gasteiger partial charge in [-0.25, -0.2) is 14.4 Å². The molecule has 604 valence electrons. The van der Waals surface area contributed by atoms with Crippen molar-refractivity contribution in [1.82, 2.24) is 63.0 Å². The molecule has 0 saturated heterocycles. The largest absolute Gasteiger partial charge is 0.519 e. The summed E-state index contributed by atoms with van der Waals surface area (Å²) in [6, 6.07) is 29.4. The fourth-order valence-corrected chi connectivity index (χ4v) is 10.6. The number of benzene rings is 6. The number of ether oxygens (including phenoxy) is 4. The van der Waals surface area contributed by atoms with Crippen LogP contribution in [-0.4, -0.2) is 216 Å². The van der Waals surface area contributed by atoms with Gasteiger partial charge in [-0.2, -0.15) is 0 Å². The van der Waals surface area contributed by atoms with Crippen LogP contribution in [-0.2, 0) is 73.5 Å². The van der Waals surface area contributed by atoms with E-state index < -0.39 is 150 Å². The third kappa shape index (κ3) is 31.9. The average Bonchev–Trinajstić information content (AvgIpc) is 0.811. The number of carbonyl (C=O) groups is 13. The number of nitro benzene ring substituents is 2. The predicted octanol–water partition coefficient (Wildman–Crippen LogP) is 3.25. The molecule has 2 atom stereocenters. The van der Waals surface area contributed by atoms with Crippen molar-refractivity contribution in [2.45, 2.75) is 50.6 Å². The molecule has 0 unspecified atom stereocenters. The summed E-state index contributed by atoms with van der Waals surface area (Å²) >= 11 is 0. The first-order valence-electron chi connectivity index (χ1n) is 35.5. The monoisotopic (exact) mass is 1570 g/mol. The lowest BCUT2D eigenvalue weighted by Crippen LogP contribution is -2.52. The third-order valence-electron chi connectivity index (χ3n) is 16.1. The molecule has 0 spiro atoms. The minimum Gasteiger partial charge on any atom is -0.445 e. The van der Waals surface area contributed by atoms with Crippen LogP contribution in [0.4, 0.5) is 37.1 Å². The number of nitro groups is 2. The van der Waals surface area contributed by atoms with E-state index in [0.29, 0.717) is 37.1 Å². The van der Waals surface area contributed by atoms with E-state index in [0.717, 1.165) is 36.4 Å². The van der Waals surface area contributed by atoms with Gasteiger partial charge in [-0.3, -0.25) is 68.2 Å². The second-order valence-corrected chi connectivity index (χ2v) is 25.7. The van der Waals surface area contributed by atoms with E-state index in [-0.39, 0.29) is 108 Å². The fourth-order valence-electron chi connectivity index (χ4n) is 10.6. The molecule has 0 aliphatic rings. The van der Waals surface area contributed by atoms with Gasteiger partial charge in [0.2, 0.25) is 47.3 Å². The number of non-ortho nitro benzene ring substituents is 2. The van der Waals surface area contributed by atoms with Gasteiger partial charge in [0, 0.05) is 96.7 Å². The number of hydrogen-bond acceptors (Lipinski definition) is 23. The van der Waals surface area contributed by atoms with E-state index in [1.165, 1.54) is 48.6 Å². The quantitative estimate of drug-likeness (QED) is 0.00652. The SMILES string of the molecule is C=CCOC(=O)NCC(=O)NCC(=O)N[C@@H](Cc1ccccc1)C(=O)NCC(=O)Nc1ccc(Cc2cc([N+](=O)[O-])ccc2OC(=O)Oc2ccc([N+](=O)[O-])cc2Cc2ccc(NC(=O)CNC(=O)[C@H](Cc3ccccc3)NC(=O)CNC(=O)CNC(=O)OCC=C)cc2C(=O)NCCCN(C)C)c(C(=O)NCCCN(C)C)c1. The van der Waals surface area contributed by atoms with Crippen LogP contribution in [0.15, 0.2) is 159 Å². The zero-order chi connectivity index (χ0) is 83.1. The topological polar surface area (TPSA) is 496 Å². The summed E-state index contributed by atoms with van der Waals surface area (Å²) in [5.41, 5.74) is 0.653. The average molecular weight is 1580 g/mol. The maximum absolute atomic E-state index is 14.2. The second-order valence-electron chi connectivity index (χ2n) is 25.7. The highest BCUT2D eigenvalue weighted by molar-refractivity contribution is 6.02. The van der Waals surface area contributed by atoms with Gasteiger partial charge >= 0.3 is 18.3 Å². The summed E-state index contributed by atoms with van der Waals surface area (Å²) in [7, 11) is 7.35. The highest BCUT2D eigenvalue weighted by Crippen LogP contribution is 2.32. The van der Waals surface area contributed by atoms with Crippen molar-refractivity contribution < 1.29 is 91.1 Å². The Kier molecular flexibility index (Phi) is 36.3. The van der Waals surface area contributed by atoms with Gasteiger partial charge in [0.15, 0.2) is 0 Å². The van der Waals surface area contributed by atoms with Crippen LogP contribution < -0.4 is 73.3 Å². The van der Waals surface area contributed by atoms with Crippen molar-refractivity contribution in [2.24, 2.45) is 0 Å². The van der Waals surface area contributed by atoms with Crippen molar-refractivity contribution in [1.29, 1.82) is 0 Å². The van der Waals surface area contributed by atoms with Crippen molar-refractivity contribution >= 4 is 100 Å². The first kappa shape index (κ1) is 88.9. The Hall–Kier alpha value is -14.0. The Balaban J connectivity index is 1.20. The molecule has 6 aromatic carbocycles. The van der Waals surface area contributed by atoms with Crippen LogP contribution >= 0.6 is 0 Å². The van der Waals surface area contributed by atoms with Crippen molar-refractivity contribution in [2.75, 3.05) is 117 Å². The van der Waals surface area contributed by atoms with Crippen LogP contribution in [0.5, 0.6) is 11.5 Å². The number of nitrogens with one attached hydrogen (secondary N) is 12. The van der Waals surface area contributed by atoms with E-state index in [1.54, 1.807) is 60.7 Å². The first-order chi connectivity index (χ1) is 54.6. The molecule has 6 rings (SSSR count). The van der Waals surface area contributed by atoms with Crippen LogP contribution in [0.2, 0.25) is 0 Å². The lowest BCUT2D eigenvalue weighted by Gasteiger charge is -2.19. The molecule has 0 saturated carbocycles. The van der Waals surface area contributed by atoms with Crippen LogP contribution in [0.1, 0.15) is 66.9 Å². The van der Waals surface area contributed by atoms with Crippen molar-refractivity contribution in [3.63, 3.8) is 0 Å². The summed E-state index contributed by atoms with van der Waals surface area (Å²) in [4.78, 5) is 198. The molecular formula is C77H90N16O21. The number of nitrogens with zero attached hydrogens (tertiary/aromatic N) is 4. The Morgan fingerprint density at radius 2 is 0.798 bits per heavy atom. The number of anilines is 2. The van der Waals surface area contributed by atoms with Gasteiger partial charge in [-0.1, -0.05) is 98.1 Å². The lowest BCUT2D eigenvalue weighted by atomic mass is 9.97. The number of rotatable bonds is 44. The van der Waals surface area contributed by atoms with Gasteiger partial charge in [0.25, 0.3) is 23.2 Å². The van der Waals surface area contributed by atoms with Gasteiger partial charge in [0.05, 0.1) is 36.0 Å². The van der Waals surface area contributed by atoms with E-state index >= 15 is 0 Å². The molecule has 0 aliphatic heterocycles. The Morgan fingerprint density at radius 1 is 0.430 bits per heavy atom. The molecule has 12 amide bonds. The molecule has 114 heavy (non-hydrogen) atoms. The van der Waals surface area contributed by atoms with Crippen LogP contribution in [0.25, 0.3) is 0 Å². The standard InChI is InChI=1S/C77H90N16O21/c1-7-33-111-75(104)84-43-65(94)80-45-69(98)88-61(35-49-17-11-9-12-18-49)73(102)82-47-67(96)86-55-23-21-51(59(41-55)71(100)78-29-15-31-90(3)4)37-53-39-57(92(107)108)25-27-63(53)113-77(106)114-64-28-26-58(93(109)110)40-54(64)38-52-22-24-56(42-60(52)72(101)79-30-16-32-91(5)6)87-68(97)48-83-74(103)62(36-50-19-13-10-14-20-50)89-70(99)46-81-66(95)44-85-76(105)112-34-8-2/h7-14,17-28,39-42,61-62H,1-2,15-16,29-38,43-48H2,3-6H3,(H,78,100)(H,79,101)(H,80,94)(H,81,95)(H,82,102)(H,83,103)(H,84,104)(H,85,105)(H,86,96)(H,87,97)(H,88,98)(H,89,99)/t61-,62-/m0/s1. The summed E-state index contributed by atoms with van der Waals surface area (Å²) < 4.78 is 21.0. The summed E-state index contributed by atoms with van der Waals surface area (Å²) in [5, 5.41) is 54.7. The zero-order valence-electron chi connectivity index (χ0n) is 63.0. The zero-order valence-corrected chi connectivity index (χ0v) is 63.0. The van der Waals surface area contributed by atoms with Gasteiger partial charge in [-0.15, -0.1) is 0 Å². The fraction of sp³-hybridized carbons (Fsp3) is 0.312. The van der Waals surface area contributed by atoms with E-state index in [4.69, 9.17) is 18.9 Å². The molecule has 37 nitrogen and oxygen atoms in total. The molecule has 0 radical (unpaired) electrons. The maximum Gasteiger partial charge on any atom is 0.519 e. The minimum absolute atomic E-state index is 0.0341. The second kappa shape index (κ2) is 46.5.